The Balaban J connectivity index is 1.28. The molecule has 8 nitrogen and oxygen atoms in total. The number of hydrogen-bond donors (Lipinski definition) is 3. The van der Waals surface area contributed by atoms with E-state index in [1.165, 1.54) is 27.8 Å². The summed E-state index contributed by atoms with van der Waals surface area (Å²) in [5.74, 6) is 1.00. The number of halogens is 1. The standard InChI is InChI=1S/C31H37ClN2O6/c1-20(24-7-9-27-25(17-24)12-14-39-27)33(18-21-2-5-23(6-3-21)31(37)38)19-22-4-8-28(26(32)16-22)40-15-13-34-29(35)10-11-30(34)36/h4,7-11,16-17,20-21,23,35-36H,2-3,5-6,12-15,18-19H2,1H3,(H,37,38). The maximum absolute atomic E-state index is 11.5. The third-order valence-corrected chi connectivity index (χ3v) is 8.62. The van der Waals surface area contributed by atoms with E-state index in [9.17, 15) is 20.1 Å². The average Bonchev–Trinajstić information content (AvgIpc) is 3.55. The Kier molecular flexibility index (Phi) is 8.76. The molecule has 40 heavy (non-hydrogen) atoms. The molecule has 2 aliphatic rings. The highest BCUT2D eigenvalue weighted by Gasteiger charge is 2.29. The Labute approximate surface area is 239 Å². The smallest absolute Gasteiger partial charge is 0.306 e. The average molecular weight is 569 g/mol. The summed E-state index contributed by atoms with van der Waals surface area (Å²) in [4.78, 5) is 13.9. The van der Waals surface area contributed by atoms with E-state index in [4.69, 9.17) is 21.1 Å². The number of rotatable bonds is 11. The van der Waals surface area contributed by atoms with Crippen LogP contribution in [-0.4, -0.2) is 50.5 Å². The lowest BCUT2D eigenvalue weighted by Crippen LogP contribution is -2.34. The number of carboxylic acids is 1. The van der Waals surface area contributed by atoms with Crippen molar-refractivity contribution in [2.75, 3.05) is 19.8 Å². The molecule has 1 saturated carbocycles. The number of ether oxygens (including phenoxy) is 2. The summed E-state index contributed by atoms with van der Waals surface area (Å²) in [5, 5.41) is 29.6. The van der Waals surface area contributed by atoms with E-state index < -0.39 is 5.97 Å². The van der Waals surface area contributed by atoms with Gasteiger partial charge in [0.15, 0.2) is 11.8 Å². The predicted octanol–water partition coefficient (Wildman–Crippen LogP) is 6.02. The van der Waals surface area contributed by atoms with Gasteiger partial charge < -0.3 is 24.8 Å². The van der Waals surface area contributed by atoms with Crippen molar-refractivity contribution in [3.63, 3.8) is 0 Å². The van der Waals surface area contributed by atoms with Gasteiger partial charge in [0, 0.05) is 37.7 Å². The first kappa shape index (κ1) is 28.2. The molecule has 0 amide bonds. The molecule has 3 N–H and O–H groups in total. The first-order chi connectivity index (χ1) is 19.3. The van der Waals surface area contributed by atoms with Gasteiger partial charge in [-0.2, -0.15) is 0 Å². The Hall–Kier alpha value is -3.36. The van der Waals surface area contributed by atoms with Crippen LogP contribution in [0.4, 0.5) is 0 Å². The molecule has 5 rings (SSSR count). The molecule has 0 bridgehead atoms. The Morgan fingerprint density at radius 1 is 1.10 bits per heavy atom. The summed E-state index contributed by atoms with van der Waals surface area (Å²) in [7, 11) is 0. The number of fused-ring (bicyclic) bond motifs is 1. The lowest BCUT2D eigenvalue weighted by Gasteiger charge is -2.35. The molecule has 1 unspecified atom stereocenters. The van der Waals surface area contributed by atoms with Gasteiger partial charge in [-0.1, -0.05) is 29.8 Å². The van der Waals surface area contributed by atoms with Gasteiger partial charge >= 0.3 is 5.97 Å². The third-order valence-electron chi connectivity index (χ3n) is 8.32. The van der Waals surface area contributed by atoms with Gasteiger partial charge in [0.2, 0.25) is 0 Å². The van der Waals surface area contributed by atoms with E-state index in [0.717, 1.165) is 56.6 Å². The number of benzene rings is 2. The molecule has 1 aliphatic carbocycles. The van der Waals surface area contributed by atoms with Gasteiger partial charge in [-0.3, -0.25) is 14.3 Å². The first-order valence-electron chi connectivity index (χ1n) is 14.0. The summed E-state index contributed by atoms with van der Waals surface area (Å²) in [6, 6.07) is 15.3. The van der Waals surface area contributed by atoms with Crippen LogP contribution in [-0.2, 0) is 24.3 Å². The minimum Gasteiger partial charge on any atom is -0.494 e. The van der Waals surface area contributed by atoms with E-state index in [2.05, 4.69) is 30.0 Å². The summed E-state index contributed by atoms with van der Waals surface area (Å²) in [5.41, 5.74) is 3.55. The van der Waals surface area contributed by atoms with Crippen molar-refractivity contribution in [3.05, 3.63) is 70.2 Å². The van der Waals surface area contributed by atoms with Gasteiger partial charge in [-0.05, 0) is 73.4 Å². The lowest BCUT2D eigenvalue weighted by molar-refractivity contribution is -0.143. The maximum atomic E-state index is 11.5. The predicted molar refractivity (Wildman–Crippen MR) is 152 cm³/mol. The molecule has 0 radical (unpaired) electrons. The van der Waals surface area contributed by atoms with E-state index in [0.29, 0.717) is 23.2 Å². The molecule has 2 aromatic carbocycles. The topological polar surface area (TPSA) is 104 Å². The minimum absolute atomic E-state index is 0.0240. The van der Waals surface area contributed by atoms with Crippen molar-refractivity contribution in [1.82, 2.24) is 9.47 Å². The van der Waals surface area contributed by atoms with Crippen molar-refractivity contribution >= 4 is 17.6 Å². The molecular formula is C31H37ClN2O6. The molecule has 2 heterocycles. The third kappa shape index (κ3) is 6.50. The quantitative estimate of drug-likeness (QED) is 0.260. The van der Waals surface area contributed by atoms with Crippen LogP contribution < -0.4 is 9.47 Å². The highest BCUT2D eigenvalue weighted by molar-refractivity contribution is 6.32. The molecule has 0 spiro atoms. The molecule has 1 aliphatic heterocycles. The van der Waals surface area contributed by atoms with Crippen molar-refractivity contribution in [3.8, 4) is 23.3 Å². The fourth-order valence-electron chi connectivity index (χ4n) is 5.88. The van der Waals surface area contributed by atoms with Gasteiger partial charge in [0.25, 0.3) is 0 Å². The Morgan fingerprint density at radius 3 is 2.55 bits per heavy atom. The van der Waals surface area contributed by atoms with Crippen LogP contribution >= 0.6 is 11.6 Å². The van der Waals surface area contributed by atoms with E-state index in [1.807, 2.05) is 18.2 Å². The van der Waals surface area contributed by atoms with Crippen LogP contribution in [0.3, 0.4) is 0 Å². The van der Waals surface area contributed by atoms with Crippen molar-refractivity contribution in [1.29, 1.82) is 0 Å². The lowest BCUT2D eigenvalue weighted by atomic mass is 9.81. The number of nitrogens with zero attached hydrogens (tertiary/aromatic N) is 2. The molecule has 1 atom stereocenters. The first-order valence-corrected chi connectivity index (χ1v) is 14.4. The summed E-state index contributed by atoms with van der Waals surface area (Å²) in [6.45, 7) is 5.04. The zero-order valence-corrected chi connectivity index (χ0v) is 23.5. The molecule has 1 fully saturated rings. The van der Waals surface area contributed by atoms with Crippen LogP contribution in [0.2, 0.25) is 5.02 Å². The highest BCUT2D eigenvalue weighted by atomic mass is 35.5. The molecular weight excluding hydrogens is 532 g/mol. The molecule has 0 saturated heterocycles. The summed E-state index contributed by atoms with van der Waals surface area (Å²) < 4.78 is 12.9. The van der Waals surface area contributed by atoms with Gasteiger partial charge in [-0.25, -0.2) is 0 Å². The number of carboxylic acid groups (broad SMARTS) is 1. The van der Waals surface area contributed by atoms with Gasteiger partial charge in [0.05, 0.1) is 24.1 Å². The largest absolute Gasteiger partial charge is 0.494 e. The molecule has 3 aromatic rings. The maximum Gasteiger partial charge on any atom is 0.306 e. The second-order valence-corrected chi connectivity index (χ2v) is 11.3. The number of aliphatic carboxylic acids is 1. The zero-order chi connectivity index (χ0) is 28.2. The number of aromatic hydroxyl groups is 2. The number of carbonyl (C=O) groups is 1. The minimum atomic E-state index is -0.678. The van der Waals surface area contributed by atoms with Gasteiger partial charge in [0.1, 0.15) is 18.1 Å². The number of hydrogen-bond acceptors (Lipinski definition) is 6. The van der Waals surface area contributed by atoms with Crippen molar-refractivity contribution < 1.29 is 29.6 Å². The van der Waals surface area contributed by atoms with Crippen LogP contribution in [0, 0.1) is 11.8 Å². The van der Waals surface area contributed by atoms with Crippen LogP contribution in [0.5, 0.6) is 23.3 Å². The zero-order valence-electron chi connectivity index (χ0n) is 22.8. The SMILES string of the molecule is CC(c1ccc2c(c1)CCO2)N(Cc1ccc(OCCn2c(O)ccc2O)c(Cl)c1)CC1CCC(C(=O)O)CC1. The fraction of sp³-hybridized carbons (Fsp3) is 0.452. The second-order valence-electron chi connectivity index (χ2n) is 10.9. The Morgan fingerprint density at radius 2 is 1.85 bits per heavy atom. The molecule has 1 aromatic heterocycles. The second kappa shape index (κ2) is 12.4. The van der Waals surface area contributed by atoms with Crippen LogP contribution in [0.15, 0.2) is 48.5 Å². The van der Waals surface area contributed by atoms with Crippen molar-refractivity contribution in [2.45, 2.75) is 58.2 Å². The Bertz CT molecular complexity index is 1310. The van der Waals surface area contributed by atoms with E-state index in [-0.39, 0.29) is 36.9 Å². The molecule has 214 valence electrons. The monoisotopic (exact) mass is 568 g/mol. The summed E-state index contributed by atoms with van der Waals surface area (Å²) in [6.07, 6.45) is 4.22. The van der Waals surface area contributed by atoms with Crippen LogP contribution in [0.1, 0.15) is 55.3 Å². The summed E-state index contributed by atoms with van der Waals surface area (Å²) >= 11 is 6.62. The van der Waals surface area contributed by atoms with Crippen LogP contribution in [0.25, 0.3) is 0 Å². The van der Waals surface area contributed by atoms with Crippen molar-refractivity contribution in [2.24, 2.45) is 11.8 Å². The van der Waals surface area contributed by atoms with E-state index in [1.54, 1.807) is 0 Å². The normalized spacial score (nSPS) is 19.3. The molecule has 9 heteroatoms. The number of aromatic nitrogens is 1. The van der Waals surface area contributed by atoms with E-state index >= 15 is 0 Å². The van der Waals surface area contributed by atoms with Gasteiger partial charge in [-0.15, -0.1) is 0 Å². The highest BCUT2D eigenvalue weighted by Crippen LogP contribution is 2.35. The fourth-order valence-corrected chi connectivity index (χ4v) is 6.13.